The quantitative estimate of drug-likeness (QED) is 0.180. The molecule has 3 aromatic heterocycles. The molecule has 56 heavy (non-hydrogen) atoms. The lowest BCUT2D eigenvalue weighted by atomic mass is 9.83. The Kier molecular flexibility index (Phi) is 7.90. The maximum Gasteiger partial charge on any atom is 0.238 e. The molecule has 0 N–H and O–H groups in total. The predicted molar refractivity (Wildman–Crippen MR) is 226 cm³/mol. The molecule has 3 heterocycles. The second kappa shape index (κ2) is 12.8. The Morgan fingerprint density at radius 1 is 0.482 bits per heavy atom. The predicted octanol–water partition coefficient (Wildman–Crippen LogP) is 11.7. The molecule has 0 amide bonds. The van der Waals surface area contributed by atoms with Gasteiger partial charge in [0.2, 0.25) is 5.95 Å². The Hall–Kier alpha value is -7.09. The summed E-state index contributed by atoms with van der Waals surface area (Å²) in [6.07, 6.45) is 0. The molecule has 7 heteroatoms. The topological polar surface area (TPSA) is 96.1 Å². The summed E-state index contributed by atoms with van der Waals surface area (Å²) >= 11 is 0. The molecule has 0 atom stereocenters. The first kappa shape index (κ1) is 34.7. The molecule has 0 spiro atoms. The molecule has 9 rings (SSSR count). The van der Waals surface area contributed by atoms with Crippen LogP contribution in [0, 0.1) is 22.7 Å². The first-order valence-corrected chi connectivity index (χ1v) is 18.8. The van der Waals surface area contributed by atoms with Gasteiger partial charge in [-0.25, -0.2) is 4.98 Å². The number of hydrogen-bond donors (Lipinski definition) is 0. The third kappa shape index (κ3) is 5.51. The van der Waals surface area contributed by atoms with Gasteiger partial charge in [0.1, 0.15) is 12.1 Å². The van der Waals surface area contributed by atoms with Crippen LogP contribution >= 0.6 is 0 Å². The standard InChI is InChI=1S/C49H39N7/c1-48(2,3)33-24-31(28-50)43-38(26-33)39-27-34(49(4,5)6)25-32(29-51)44(39)56(43)42-23-15-12-20-37(42)46-52-45(30-16-8-7-9-17-30)53-47(54-46)55-40-21-13-10-18-35(40)36-19-11-14-22-41(36)55/h7-27H,1-6H3. The van der Waals surface area contributed by atoms with Crippen LogP contribution in [-0.4, -0.2) is 24.1 Å². The van der Waals surface area contributed by atoms with E-state index in [1.54, 1.807) is 0 Å². The number of para-hydroxylation sites is 3. The van der Waals surface area contributed by atoms with Gasteiger partial charge in [-0.2, -0.15) is 20.5 Å². The van der Waals surface area contributed by atoms with Crippen LogP contribution < -0.4 is 0 Å². The highest BCUT2D eigenvalue weighted by Crippen LogP contribution is 2.42. The summed E-state index contributed by atoms with van der Waals surface area (Å²) in [6, 6.07) is 48.0. The fourth-order valence-electron chi connectivity index (χ4n) is 7.85. The average molecular weight is 726 g/mol. The van der Waals surface area contributed by atoms with Crippen molar-refractivity contribution < 1.29 is 0 Å². The lowest BCUT2D eigenvalue weighted by Crippen LogP contribution is -2.11. The molecule has 0 saturated carbocycles. The van der Waals surface area contributed by atoms with Crippen LogP contribution in [0.3, 0.4) is 0 Å². The number of nitrogens with zero attached hydrogens (tertiary/aromatic N) is 7. The normalized spacial score (nSPS) is 12.1. The van der Waals surface area contributed by atoms with E-state index in [-0.39, 0.29) is 10.8 Å². The third-order valence-electron chi connectivity index (χ3n) is 10.8. The summed E-state index contributed by atoms with van der Waals surface area (Å²) < 4.78 is 4.19. The zero-order valence-corrected chi connectivity index (χ0v) is 32.3. The first-order valence-electron chi connectivity index (χ1n) is 18.8. The van der Waals surface area contributed by atoms with Crippen molar-refractivity contribution in [3.8, 4) is 46.5 Å². The van der Waals surface area contributed by atoms with E-state index in [0.29, 0.717) is 28.7 Å². The molecule has 0 aliphatic rings. The number of rotatable bonds is 4. The van der Waals surface area contributed by atoms with Crippen molar-refractivity contribution in [1.29, 1.82) is 10.5 Å². The van der Waals surface area contributed by atoms with Crippen LogP contribution in [0.5, 0.6) is 0 Å². The van der Waals surface area contributed by atoms with Crippen LogP contribution in [0.25, 0.3) is 78.0 Å². The summed E-state index contributed by atoms with van der Waals surface area (Å²) in [4.78, 5) is 15.6. The minimum Gasteiger partial charge on any atom is -0.306 e. The molecule has 9 aromatic rings. The van der Waals surface area contributed by atoms with Crippen LogP contribution in [0.2, 0.25) is 0 Å². The van der Waals surface area contributed by atoms with Gasteiger partial charge in [-0.15, -0.1) is 0 Å². The number of aromatic nitrogens is 5. The molecule has 0 bridgehead atoms. The third-order valence-corrected chi connectivity index (χ3v) is 10.8. The Morgan fingerprint density at radius 2 is 0.964 bits per heavy atom. The molecule has 0 fully saturated rings. The highest BCUT2D eigenvalue weighted by atomic mass is 15.2. The molecule has 7 nitrogen and oxygen atoms in total. The minimum absolute atomic E-state index is 0.215. The second-order valence-corrected chi connectivity index (χ2v) is 16.4. The van der Waals surface area contributed by atoms with E-state index >= 15 is 0 Å². The summed E-state index contributed by atoms with van der Waals surface area (Å²) in [7, 11) is 0. The SMILES string of the molecule is CC(C)(C)c1cc(C#N)c2c(c1)c1cc(C(C)(C)C)cc(C#N)c1n2-c1ccccc1-c1nc(-c2ccccc2)nc(-n2c3ccccc3c3ccccc32)n1. The maximum atomic E-state index is 10.8. The van der Waals surface area contributed by atoms with E-state index in [1.807, 2.05) is 78.9 Å². The van der Waals surface area contributed by atoms with Crippen LogP contribution in [-0.2, 0) is 10.8 Å². The molecular formula is C49H39N7. The summed E-state index contributed by atoms with van der Waals surface area (Å²) in [5.41, 5.74) is 8.55. The van der Waals surface area contributed by atoms with Gasteiger partial charge in [0.05, 0.1) is 38.9 Å². The molecule has 0 aliphatic carbocycles. The summed E-state index contributed by atoms with van der Waals surface area (Å²) in [6.45, 7) is 12.9. The van der Waals surface area contributed by atoms with Crippen molar-refractivity contribution in [3.63, 3.8) is 0 Å². The molecule has 270 valence electrons. The highest BCUT2D eigenvalue weighted by molar-refractivity contribution is 6.14. The molecule has 0 unspecified atom stereocenters. The van der Waals surface area contributed by atoms with Crippen molar-refractivity contribution in [3.05, 3.63) is 150 Å². The molecular weight excluding hydrogens is 687 g/mol. The van der Waals surface area contributed by atoms with Gasteiger partial charge >= 0.3 is 0 Å². The molecule has 0 saturated heterocycles. The van der Waals surface area contributed by atoms with Crippen molar-refractivity contribution in [2.45, 2.75) is 52.4 Å². The monoisotopic (exact) mass is 725 g/mol. The fourth-order valence-corrected chi connectivity index (χ4v) is 7.85. The number of benzene rings is 6. The lowest BCUT2D eigenvalue weighted by molar-refractivity contribution is 0.590. The van der Waals surface area contributed by atoms with Gasteiger partial charge in [-0.05, 0) is 70.5 Å². The number of nitriles is 2. The molecule has 6 aromatic carbocycles. The number of fused-ring (bicyclic) bond motifs is 6. The Morgan fingerprint density at radius 3 is 1.50 bits per heavy atom. The van der Waals surface area contributed by atoms with E-state index in [0.717, 1.165) is 71.6 Å². The highest BCUT2D eigenvalue weighted by Gasteiger charge is 2.27. The van der Waals surface area contributed by atoms with Gasteiger partial charge in [0.25, 0.3) is 0 Å². The van der Waals surface area contributed by atoms with E-state index in [4.69, 9.17) is 15.0 Å². The first-order chi connectivity index (χ1) is 27.0. The lowest BCUT2D eigenvalue weighted by Gasteiger charge is -2.20. The van der Waals surface area contributed by atoms with Crippen molar-refractivity contribution in [1.82, 2.24) is 24.1 Å². The summed E-state index contributed by atoms with van der Waals surface area (Å²) in [5, 5.41) is 25.7. The van der Waals surface area contributed by atoms with E-state index < -0.39 is 0 Å². The zero-order chi connectivity index (χ0) is 38.9. The van der Waals surface area contributed by atoms with Gasteiger partial charge in [0.15, 0.2) is 11.6 Å². The smallest absolute Gasteiger partial charge is 0.238 e. The van der Waals surface area contributed by atoms with Crippen LogP contribution in [0.15, 0.2) is 127 Å². The molecule has 0 aliphatic heterocycles. The number of hydrogen-bond acceptors (Lipinski definition) is 5. The largest absolute Gasteiger partial charge is 0.306 e. The van der Waals surface area contributed by atoms with Crippen LogP contribution in [0.4, 0.5) is 0 Å². The van der Waals surface area contributed by atoms with Gasteiger partial charge in [-0.1, -0.05) is 120 Å². The fraction of sp³-hybridized carbons (Fsp3) is 0.163. The average Bonchev–Trinajstić information content (AvgIpc) is 3.73. The Bertz CT molecular complexity index is 2980. The summed E-state index contributed by atoms with van der Waals surface area (Å²) in [5.74, 6) is 1.49. The Labute approximate surface area is 325 Å². The zero-order valence-electron chi connectivity index (χ0n) is 32.3. The van der Waals surface area contributed by atoms with Crippen LogP contribution in [0.1, 0.15) is 63.8 Å². The van der Waals surface area contributed by atoms with Gasteiger partial charge in [-0.3, -0.25) is 4.57 Å². The van der Waals surface area contributed by atoms with Gasteiger partial charge < -0.3 is 4.57 Å². The second-order valence-electron chi connectivity index (χ2n) is 16.4. The van der Waals surface area contributed by atoms with Crippen molar-refractivity contribution >= 4 is 43.6 Å². The van der Waals surface area contributed by atoms with E-state index in [9.17, 15) is 10.5 Å². The van der Waals surface area contributed by atoms with Crippen molar-refractivity contribution in [2.75, 3.05) is 0 Å². The van der Waals surface area contributed by atoms with Crippen molar-refractivity contribution in [2.24, 2.45) is 0 Å². The van der Waals surface area contributed by atoms with Gasteiger partial charge in [0, 0.05) is 32.7 Å². The maximum absolute atomic E-state index is 10.8. The van der Waals surface area contributed by atoms with E-state index in [2.05, 4.69) is 111 Å². The van der Waals surface area contributed by atoms with E-state index in [1.165, 1.54) is 0 Å². The molecule has 0 radical (unpaired) electrons. The Balaban J connectivity index is 1.41. The minimum atomic E-state index is -0.215.